The van der Waals surface area contributed by atoms with Crippen molar-refractivity contribution in [2.75, 3.05) is 0 Å². The van der Waals surface area contributed by atoms with Gasteiger partial charge in [0.05, 0.1) is 11.4 Å². The van der Waals surface area contributed by atoms with E-state index in [2.05, 4.69) is 142 Å². The van der Waals surface area contributed by atoms with Gasteiger partial charge in [0.2, 0.25) is 0 Å². The molecule has 0 unspecified atom stereocenters. The lowest BCUT2D eigenvalue weighted by atomic mass is 9.55. The summed E-state index contributed by atoms with van der Waals surface area (Å²) in [5.74, 6) is 0. The Morgan fingerprint density at radius 3 is 1.23 bits per heavy atom. The number of hydrogen-bond acceptors (Lipinski definition) is 2. The SMILES string of the molecule is CC1(C)c2ccccc2-c2ncccc2C1(C)C.[2H]C([2H])([2H])c1ccc2c(c1)C(C)(C)C(C)(C)c1cc(C([2H])([2H])[2H])ccc1-2.[2H]C([2H])([2H])c1cnc2c(c1)C(C)(C)C(C)(C)c1ccccc1-2. The van der Waals surface area contributed by atoms with Crippen LogP contribution in [0.3, 0.4) is 0 Å². The number of hydrogen-bond donors (Lipinski definition) is 0. The molecule has 2 heteroatoms. The van der Waals surface area contributed by atoms with Crippen molar-refractivity contribution in [1.29, 1.82) is 0 Å². The Balaban J connectivity index is 0.000000150. The molecule has 2 aromatic heterocycles. The highest BCUT2D eigenvalue weighted by atomic mass is 14.7. The number of nitrogens with zero attached hydrogens (tertiary/aromatic N) is 2. The third-order valence-corrected chi connectivity index (χ3v) is 15.1. The quantitative estimate of drug-likeness (QED) is 0.154. The van der Waals surface area contributed by atoms with Crippen molar-refractivity contribution in [1.82, 2.24) is 9.97 Å². The predicted octanol–water partition coefficient (Wildman–Crippen LogP) is 14.5. The lowest BCUT2D eigenvalue weighted by Crippen LogP contribution is -2.43. The zero-order chi connectivity index (χ0) is 49.0. The fourth-order valence-corrected chi connectivity index (χ4v) is 9.36. The molecule has 0 saturated carbocycles. The van der Waals surface area contributed by atoms with Gasteiger partial charge in [0.25, 0.3) is 0 Å². The van der Waals surface area contributed by atoms with Gasteiger partial charge in [-0.1, -0.05) is 191 Å². The van der Waals surface area contributed by atoms with Crippen molar-refractivity contribution in [2.24, 2.45) is 0 Å². The van der Waals surface area contributed by atoms with Crippen LogP contribution in [0.1, 0.15) is 145 Å². The molecule has 0 spiro atoms. The molecule has 0 atom stereocenters. The molecule has 2 nitrogen and oxygen atoms in total. The number of aryl methyl sites for hydroxylation is 3. The summed E-state index contributed by atoms with van der Waals surface area (Å²) < 4.78 is 69.4. The molecule has 57 heavy (non-hydrogen) atoms. The lowest BCUT2D eigenvalue weighted by molar-refractivity contribution is 0.298. The predicted molar refractivity (Wildman–Crippen MR) is 244 cm³/mol. The molecule has 0 aliphatic heterocycles. The maximum atomic E-state index is 7.73. The highest BCUT2D eigenvalue weighted by Gasteiger charge is 2.48. The number of aromatic nitrogens is 2. The van der Waals surface area contributed by atoms with E-state index in [-0.39, 0.29) is 32.5 Å². The minimum absolute atomic E-state index is 0.0882. The number of fused-ring (bicyclic) bond motifs is 9. The molecule has 9 rings (SSSR count). The minimum Gasteiger partial charge on any atom is -0.256 e. The number of pyridine rings is 2. The molecular formula is C55H64N2. The summed E-state index contributed by atoms with van der Waals surface area (Å²) in [5.41, 5.74) is 13.6. The highest BCUT2D eigenvalue weighted by molar-refractivity contribution is 5.78. The van der Waals surface area contributed by atoms with Crippen LogP contribution in [0.5, 0.6) is 0 Å². The summed E-state index contributed by atoms with van der Waals surface area (Å²) in [4.78, 5) is 9.15. The molecule has 0 bridgehead atoms. The van der Waals surface area contributed by atoms with Crippen LogP contribution in [0.25, 0.3) is 33.6 Å². The monoisotopic (exact) mass is 762 g/mol. The topological polar surface area (TPSA) is 25.8 Å². The average molecular weight is 762 g/mol. The Bertz CT molecular complexity index is 2710. The fourth-order valence-electron chi connectivity index (χ4n) is 9.36. The van der Waals surface area contributed by atoms with Gasteiger partial charge < -0.3 is 0 Å². The fraction of sp³-hybridized carbons (Fsp3) is 0.382. The van der Waals surface area contributed by atoms with Crippen molar-refractivity contribution in [3.05, 3.63) is 166 Å². The zero-order valence-corrected chi connectivity index (χ0v) is 35.9. The van der Waals surface area contributed by atoms with Gasteiger partial charge in [-0.2, -0.15) is 0 Å². The molecule has 3 aliphatic carbocycles. The molecule has 3 aliphatic rings. The summed E-state index contributed by atoms with van der Waals surface area (Å²) in [6.45, 7) is 20.1. The van der Waals surface area contributed by atoms with Crippen molar-refractivity contribution in [3.63, 3.8) is 0 Å². The third kappa shape index (κ3) is 6.12. The molecule has 0 radical (unpaired) electrons. The summed E-state index contributed by atoms with van der Waals surface area (Å²) in [7, 11) is 0. The third-order valence-electron chi connectivity index (χ3n) is 15.1. The van der Waals surface area contributed by atoms with Gasteiger partial charge in [-0.15, -0.1) is 0 Å². The molecule has 0 saturated heterocycles. The second-order valence-corrected chi connectivity index (χ2v) is 19.4. The van der Waals surface area contributed by atoms with Gasteiger partial charge in [-0.3, -0.25) is 9.97 Å². The molecular weight excluding hydrogens is 689 g/mol. The van der Waals surface area contributed by atoms with Gasteiger partial charge >= 0.3 is 0 Å². The Kier molecular flexibility index (Phi) is 7.25. The second-order valence-electron chi connectivity index (χ2n) is 19.4. The highest BCUT2D eigenvalue weighted by Crippen LogP contribution is 2.56. The van der Waals surface area contributed by atoms with E-state index < -0.39 is 20.6 Å². The van der Waals surface area contributed by atoms with E-state index in [9.17, 15) is 0 Å². The van der Waals surface area contributed by atoms with E-state index in [1.54, 1.807) is 24.3 Å². The summed E-state index contributed by atoms with van der Waals surface area (Å²) >= 11 is 0. The molecule has 4 aromatic carbocycles. The van der Waals surface area contributed by atoms with Crippen molar-refractivity contribution in [2.45, 2.75) is 136 Å². The van der Waals surface area contributed by atoms with Gasteiger partial charge in [0.1, 0.15) is 0 Å². The van der Waals surface area contributed by atoms with Crippen molar-refractivity contribution in [3.8, 4) is 33.6 Å². The summed E-state index contributed by atoms with van der Waals surface area (Å²) in [6, 6.07) is 33.7. The van der Waals surface area contributed by atoms with Crippen LogP contribution in [0.15, 0.2) is 116 Å². The Morgan fingerprint density at radius 1 is 0.351 bits per heavy atom. The number of benzene rings is 4. The van der Waals surface area contributed by atoms with Gasteiger partial charge in [0.15, 0.2) is 0 Å². The standard InChI is InChI=1S/C20H24.C18H21N.C17H19N/c1-13-7-9-15-16-10-8-14(2)12-18(16)20(5,6)19(3,4)17(15)11-13;1-12-10-15-16(19-11-12)13-8-6-7-9-14(13)17(2,3)18(15,4)5;1-16(2)13-9-6-5-8-12(13)15-14(17(16,3)4)10-7-11-18-15/h7-12H,1-6H3;6-11H,1-5H3;5-11H,1-4H3/i1D3,2D3;1D3;. The smallest absolute Gasteiger partial charge is 0.0742 e. The first-order valence-corrected chi connectivity index (χ1v) is 20.2. The van der Waals surface area contributed by atoms with Crippen molar-refractivity contribution < 1.29 is 12.3 Å². The van der Waals surface area contributed by atoms with Gasteiger partial charge in [0, 0.05) is 46.7 Å². The maximum Gasteiger partial charge on any atom is 0.0742 e. The molecule has 2 heterocycles. The Hall–Kier alpha value is -4.82. The van der Waals surface area contributed by atoms with Gasteiger partial charge in [-0.25, -0.2) is 0 Å². The van der Waals surface area contributed by atoms with E-state index in [1.165, 1.54) is 28.5 Å². The van der Waals surface area contributed by atoms with Crippen LogP contribution in [0, 0.1) is 20.6 Å². The van der Waals surface area contributed by atoms with Crippen LogP contribution < -0.4 is 0 Å². The van der Waals surface area contributed by atoms with Crippen molar-refractivity contribution >= 4 is 0 Å². The molecule has 0 fully saturated rings. The van der Waals surface area contributed by atoms with E-state index in [1.807, 2.05) is 36.5 Å². The van der Waals surface area contributed by atoms with Crippen LogP contribution >= 0.6 is 0 Å². The van der Waals surface area contributed by atoms with E-state index in [4.69, 9.17) is 12.3 Å². The van der Waals surface area contributed by atoms with E-state index >= 15 is 0 Å². The minimum atomic E-state index is -2.15. The molecule has 294 valence electrons. The Morgan fingerprint density at radius 2 is 0.737 bits per heavy atom. The first kappa shape index (κ1) is 30.3. The zero-order valence-electron chi connectivity index (χ0n) is 44.9. The largest absolute Gasteiger partial charge is 0.256 e. The van der Waals surface area contributed by atoms with Crippen LogP contribution in [-0.4, -0.2) is 9.97 Å². The number of rotatable bonds is 0. The van der Waals surface area contributed by atoms with Crippen LogP contribution in [0.4, 0.5) is 0 Å². The molecule has 6 aromatic rings. The van der Waals surface area contributed by atoms with E-state index in [0.717, 1.165) is 44.8 Å². The van der Waals surface area contributed by atoms with Gasteiger partial charge in [-0.05, 0) is 98.4 Å². The van der Waals surface area contributed by atoms with Crippen LogP contribution in [-0.2, 0) is 32.5 Å². The van der Waals surface area contributed by atoms with E-state index in [0.29, 0.717) is 16.7 Å². The maximum absolute atomic E-state index is 7.73. The summed E-state index contributed by atoms with van der Waals surface area (Å²) in [5, 5.41) is 0. The molecule has 0 N–H and O–H groups in total. The lowest BCUT2D eigenvalue weighted by Gasteiger charge is -2.48. The first-order chi connectivity index (χ1) is 30.2. The second kappa shape index (κ2) is 13.6. The Labute approximate surface area is 356 Å². The summed E-state index contributed by atoms with van der Waals surface area (Å²) in [6.07, 6.45) is 3.39. The van der Waals surface area contributed by atoms with Crippen LogP contribution in [0.2, 0.25) is 0 Å². The normalized spacial score (nSPS) is 21.6. The molecule has 0 amide bonds. The first-order valence-electron chi connectivity index (χ1n) is 24.7. The average Bonchev–Trinajstić information content (AvgIpc) is 3.24.